The van der Waals surface area contributed by atoms with Crippen molar-refractivity contribution in [1.29, 1.82) is 0 Å². The number of hydrogen-bond acceptors (Lipinski definition) is 2. The first-order chi connectivity index (χ1) is 9.10. The molecule has 0 aromatic heterocycles. The molecule has 100 valence electrons. The molecule has 19 heavy (non-hydrogen) atoms. The van der Waals surface area contributed by atoms with E-state index in [1.165, 1.54) is 24.3 Å². The lowest BCUT2D eigenvalue weighted by Crippen LogP contribution is -2.04. The standard InChI is InChI=1S/C14H12F3NO/c15-10-1-3-11(4-2-10)19-14-12(16)7-9(5-6-18)8-13(14)17/h1-4,7-8H,5-6,18H2. The van der Waals surface area contributed by atoms with Crippen LogP contribution in [0.5, 0.6) is 11.5 Å². The lowest BCUT2D eigenvalue weighted by Gasteiger charge is -2.09. The van der Waals surface area contributed by atoms with Gasteiger partial charge in [0.1, 0.15) is 11.6 Å². The average Bonchev–Trinajstić information content (AvgIpc) is 2.36. The molecule has 0 aliphatic rings. The fourth-order valence-corrected chi connectivity index (χ4v) is 1.64. The highest BCUT2D eigenvalue weighted by Crippen LogP contribution is 2.28. The minimum absolute atomic E-state index is 0.158. The van der Waals surface area contributed by atoms with Crippen LogP contribution in [0, 0.1) is 17.5 Å². The lowest BCUT2D eigenvalue weighted by atomic mass is 10.1. The minimum Gasteiger partial charge on any atom is -0.451 e. The maximum absolute atomic E-state index is 13.7. The lowest BCUT2D eigenvalue weighted by molar-refractivity contribution is 0.406. The van der Waals surface area contributed by atoms with E-state index in [1.807, 2.05) is 0 Å². The number of hydrogen-bond donors (Lipinski definition) is 1. The van der Waals surface area contributed by atoms with Gasteiger partial charge in [-0.3, -0.25) is 0 Å². The summed E-state index contributed by atoms with van der Waals surface area (Å²) >= 11 is 0. The van der Waals surface area contributed by atoms with Crippen molar-refractivity contribution in [2.24, 2.45) is 5.73 Å². The fourth-order valence-electron chi connectivity index (χ4n) is 1.64. The summed E-state index contributed by atoms with van der Waals surface area (Å²) in [6.45, 7) is 0.303. The predicted molar refractivity (Wildman–Crippen MR) is 65.6 cm³/mol. The van der Waals surface area contributed by atoms with Gasteiger partial charge < -0.3 is 10.5 Å². The molecule has 0 unspecified atom stereocenters. The first kappa shape index (κ1) is 13.4. The summed E-state index contributed by atoms with van der Waals surface area (Å²) < 4.78 is 45.2. The van der Waals surface area contributed by atoms with Crippen LogP contribution < -0.4 is 10.5 Å². The highest BCUT2D eigenvalue weighted by molar-refractivity contribution is 5.36. The van der Waals surface area contributed by atoms with Crippen LogP contribution in [-0.4, -0.2) is 6.54 Å². The third-order valence-electron chi connectivity index (χ3n) is 2.52. The zero-order chi connectivity index (χ0) is 13.8. The average molecular weight is 267 g/mol. The van der Waals surface area contributed by atoms with Crippen molar-refractivity contribution < 1.29 is 17.9 Å². The molecule has 2 N–H and O–H groups in total. The Bertz CT molecular complexity index is 546. The molecule has 0 amide bonds. The molecule has 0 bridgehead atoms. The molecule has 2 aromatic carbocycles. The highest BCUT2D eigenvalue weighted by Gasteiger charge is 2.13. The van der Waals surface area contributed by atoms with E-state index in [4.69, 9.17) is 10.5 Å². The van der Waals surface area contributed by atoms with Crippen molar-refractivity contribution in [3.63, 3.8) is 0 Å². The molecule has 5 heteroatoms. The number of nitrogens with two attached hydrogens (primary N) is 1. The van der Waals surface area contributed by atoms with Crippen LogP contribution in [0.15, 0.2) is 36.4 Å². The first-order valence-electron chi connectivity index (χ1n) is 5.71. The Balaban J connectivity index is 2.27. The third kappa shape index (κ3) is 3.26. The number of halogens is 3. The van der Waals surface area contributed by atoms with Gasteiger partial charge in [0, 0.05) is 0 Å². The molecule has 2 nitrogen and oxygen atoms in total. The Morgan fingerprint density at radius 1 is 0.947 bits per heavy atom. The van der Waals surface area contributed by atoms with Crippen LogP contribution in [0.4, 0.5) is 13.2 Å². The second-order valence-corrected chi connectivity index (χ2v) is 3.98. The van der Waals surface area contributed by atoms with Crippen molar-refractivity contribution in [2.75, 3.05) is 6.54 Å². The summed E-state index contributed by atoms with van der Waals surface area (Å²) in [5.74, 6) is -2.43. The quantitative estimate of drug-likeness (QED) is 0.921. The molecule has 0 aliphatic heterocycles. The van der Waals surface area contributed by atoms with Gasteiger partial charge in [-0.25, -0.2) is 13.2 Å². The molecule has 0 fully saturated rings. The van der Waals surface area contributed by atoms with Crippen LogP contribution in [0.1, 0.15) is 5.56 Å². The van der Waals surface area contributed by atoms with Crippen molar-refractivity contribution >= 4 is 0 Å². The van der Waals surface area contributed by atoms with E-state index < -0.39 is 23.2 Å². The monoisotopic (exact) mass is 267 g/mol. The smallest absolute Gasteiger partial charge is 0.198 e. The van der Waals surface area contributed by atoms with Crippen molar-refractivity contribution in [2.45, 2.75) is 6.42 Å². The Labute approximate surface area is 108 Å². The van der Waals surface area contributed by atoms with Crippen molar-refractivity contribution in [3.8, 4) is 11.5 Å². The van der Waals surface area contributed by atoms with E-state index in [0.29, 0.717) is 18.5 Å². The molecule has 0 aliphatic carbocycles. The molecule has 2 rings (SSSR count). The summed E-state index contributed by atoms with van der Waals surface area (Å²) in [5, 5.41) is 0. The molecule has 0 atom stereocenters. The van der Waals surface area contributed by atoms with Crippen LogP contribution in [0.25, 0.3) is 0 Å². The summed E-state index contributed by atoms with van der Waals surface area (Å²) in [6, 6.07) is 7.23. The highest BCUT2D eigenvalue weighted by atomic mass is 19.1. The first-order valence-corrected chi connectivity index (χ1v) is 5.71. The summed E-state index contributed by atoms with van der Waals surface area (Å²) in [4.78, 5) is 0. The molecule has 2 aromatic rings. The molecule has 0 heterocycles. The second kappa shape index (κ2) is 5.75. The largest absolute Gasteiger partial charge is 0.451 e. The van der Waals surface area contributed by atoms with Crippen LogP contribution in [0.2, 0.25) is 0 Å². The Kier molecular flexibility index (Phi) is 4.06. The van der Waals surface area contributed by atoms with Crippen LogP contribution in [-0.2, 0) is 6.42 Å². The molecule has 0 spiro atoms. The van der Waals surface area contributed by atoms with Gasteiger partial charge in [-0.15, -0.1) is 0 Å². The number of ether oxygens (including phenoxy) is 1. The summed E-state index contributed by atoms with van der Waals surface area (Å²) in [5.41, 5.74) is 5.79. The Morgan fingerprint density at radius 3 is 2.05 bits per heavy atom. The summed E-state index contributed by atoms with van der Waals surface area (Å²) in [6.07, 6.45) is 0.380. The SMILES string of the molecule is NCCc1cc(F)c(Oc2ccc(F)cc2)c(F)c1. The zero-order valence-electron chi connectivity index (χ0n) is 10.00. The number of rotatable bonds is 4. The fraction of sp³-hybridized carbons (Fsp3) is 0.143. The van der Waals surface area contributed by atoms with Crippen molar-refractivity contribution in [1.82, 2.24) is 0 Å². The van der Waals surface area contributed by atoms with E-state index >= 15 is 0 Å². The van der Waals surface area contributed by atoms with E-state index in [0.717, 1.165) is 12.1 Å². The molecular formula is C14H12F3NO. The van der Waals surface area contributed by atoms with E-state index in [1.54, 1.807) is 0 Å². The van der Waals surface area contributed by atoms with E-state index in [-0.39, 0.29) is 5.75 Å². The van der Waals surface area contributed by atoms with Gasteiger partial charge in [0.05, 0.1) is 0 Å². The van der Waals surface area contributed by atoms with Gasteiger partial charge in [-0.2, -0.15) is 0 Å². The normalized spacial score (nSPS) is 10.5. The predicted octanol–water partition coefficient (Wildman–Crippen LogP) is 3.40. The molecule has 0 saturated carbocycles. The Morgan fingerprint density at radius 2 is 1.53 bits per heavy atom. The van der Waals surface area contributed by atoms with Gasteiger partial charge in [-0.1, -0.05) is 0 Å². The topological polar surface area (TPSA) is 35.2 Å². The van der Waals surface area contributed by atoms with Gasteiger partial charge in [-0.05, 0) is 54.9 Å². The molecule has 0 saturated heterocycles. The van der Waals surface area contributed by atoms with Crippen LogP contribution >= 0.6 is 0 Å². The van der Waals surface area contributed by atoms with Gasteiger partial charge in [0.15, 0.2) is 17.4 Å². The van der Waals surface area contributed by atoms with Gasteiger partial charge in [0.25, 0.3) is 0 Å². The second-order valence-electron chi connectivity index (χ2n) is 3.98. The maximum atomic E-state index is 13.7. The minimum atomic E-state index is -0.812. The van der Waals surface area contributed by atoms with Gasteiger partial charge in [0.2, 0.25) is 0 Å². The third-order valence-corrected chi connectivity index (χ3v) is 2.52. The van der Waals surface area contributed by atoms with Crippen LogP contribution in [0.3, 0.4) is 0 Å². The van der Waals surface area contributed by atoms with Gasteiger partial charge >= 0.3 is 0 Å². The molecule has 0 radical (unpaired) electrons. The van der Waals surface area contributed by atoms with Crippen molar-refractivity contribution in [3.05, 3.63) is 59.4 Å². The molecular weight excluding hydrogens is 255 g/mol. The van der Waals surface area contributed by atoms with E-state index in [2.05, 4.69) is 0 Å². The zero-order valence-corrected chi connectivity index (χ0v) is 10.00. The van der Waals surface area contributed by atoms with E-state index in [9.17, 15) is 13.2 Å². The number of benzene rings is 2. The Hall–Kier alpha value is -2.01. The summed E-state index contributed by atoms with van der Waals surface area (Å²) in [7, 11) is 0. The maximum Gasteiger partial charge on any atom is 0.198 e.